The third kappa shape index (κ3) is 5.26. The summed E-state index contributed by atoms with van der Waals surface area (Å²) >= 11 is 3.32. The molecule has 94 valence electrons. The molecule has 0 amide bonds. The summed E-state index contributed by atoms with van der Waals surface area (Å²) in [7, 11) is 3.16. The van der Waals surface area contributed by atoms with Crippen LogP contribution in [0, 0.1) is 0 Å². The molecule has 0 unspecified atom stereocenters. The van der Waals surface area contributed by atoms with Crippen LogP contribution in [0.5, 0.6) is 11.5 Å². The van der Waals surface area contributed by atoms with Crippen molar-refractivity contribution in [1.29, 1.82) is 0 Å². The van der Waals surface area contributed by atoms with Crippen molar-refractivity contribution in [1.82, 2.24) is 0 Å². The van der Waals surface area contributed by atoms with Gasteiger partial charge in [-0.3, -0.25) is 0 Å². The van der Waals surface area contributed by atoms with Gasteiger partial charge >= 0.3 is 0 Å². The van der Waals surface area contributed by atoms with Crippen molar-refractivity contribution in [3.05, 3.63) is 16.6 Å². The van der Waals surface area contributed by atoms with E-state index in [1.807, 2.05) is 27.7 Å². The van der Waals surface area contributed by atoms with E-state index in [4.69, 9.17) is 15.2 Å². The van der Waals surface area contributed by atoms with Crippen LogP contribution >= 0.6 is 15.9 Å². The summed E-state index contributed by atoms with van der Waals surface area (Å²) in [6.07, 6.45) is 0. The summed E-state index contributed by atoms with van der Waals surface area (Å²) in [5.41, 5.74) is 6.22. The molecule has 1 rings (SSSR count). The predicted octanol–water partition coefficient (Wildman–Crippen LogP) is 4.10. The molecule has 0 aromatic heterocycles. The molecule has 0 saturated carbocycles. The van der Waals surface area contributed by atoms with Crippen molar-refractivity contribution in [3.63, 3.8) is 0 Å². The fourth-order valence-corrected chi connectivity index (χ4v) is 1.37. The molecule has 0 radical (unpaired) electrons. The zero-order valence-electron chi connectivity index (χ0n) is 10.9. The van der Waals surface area contributed by atoms with Gasteiger partial charge in [-0.05, 0) is 15.9 Å². The third-order valence-corrected chi connectivity index (χ3v) is 2.12. The molecule has 0 bridgehead atoms. The zero-order valence-corrected chi connectivity index (χ0v) is 12.5. The Balaban J connectivity index is 0. The molecule has 2 N–H and O–H groups in total. The molecule has 16 heavy (non-hydrogen) atoms. The quantitative estimate of drug-likeness (QED) is 0.835. The van der Waals surface area contributed by atoms with Gasteiger partial charge in [0.2, 0.25) is 0 Å². The molecule has 0 fully saturated rings. The molecule has 0 aliphatic heterocycles. The second-order valence-corrected chi connectivity index (χ2v) is 3.08. The minimum Gasteiger partial charge on any atom is -0.495 e. The number of rotatable bonds is 2. The van der Waals surface area contributed by atoms with Gasteiger partial charge in [-0.1, -0.05) is 27.7 Å². The van der Waals surface area contributed by atoms with Gasteiger partial charge in [-0.15, -0.1) is 0 Å². The van der Waals surface area contributed by atoms with Crippen molar-refractivity contribution >= 4 is 21.6 Å². The van der Waals surface area contributed by atoms with Crippen LogP contribution in [0.1, 0.15) is 27.7 Å². The van der Waals surface area contributed by atoms with E-state index in [1.54, 1.807) is 26.4 Å². The van der Waals surface area contributed by atoms with E-state index in [1.165, 1.54) is 0 Å². The topological polar surface area (TPSA) is 44.5 Å². The Hall–Kier alpha value is -0.900. The molecular formula is C12H22BrNO2. The van der Waals surface area contributed by atoms with Gasteiger partial charge in [0.15, 0.2) is 0 Å². The summed E-state index contributed by atoms with van der Waals surface area (Å²) in [6, 6.07) is 3.48. The number of nitrogen functional groups attached to an aromatic ring is 1. The summed E-state index contributed by atoms with van der Waals surface area (Å²) in [4.78, 5) is 0. The van der Waals surface area contributed by atoms with Crippen molar-refractivity contribution in [2.45, 2.75) is 27.7 Å². The minimum atomic E-state index is 0.567. The van der Waals surface area contributed by atoms with Gasteiger partial charge in [0, 0.05) is 12.1 Å². The second kappa shape index (κ2) is 10.6. The minimum absolute atomic E-state index is 0.567. The van der Waals surface area contributed by atoms with E-state index in [0.717, 1.165) is 4.47 Å². The maximum Gasteiger partial charge on any atom is 0.143 e. The highest BCUT2D eigenvalue weighted by Gasteiger charge is 2.05. The largest absolute Gasteiger partial charge is 0.495 e. The Morgan fingerprint density at radius 2 is 1.38 bits per heavy atom. The monoisotopic (exact) mass is 291 g/mol. The lowest BCUT2D eigenvalue weighted by atomic mass is 10.3. The normalized spacial score (nSPS) is 7.94. The summed E-state index contributed by atoms with van der Waals surface area (Å²) in [5, 5.41) is 0. The molecule has 1 aromatic rings. The first kappa shape index (κ1) is 17.5. The van der Waals surface area contributed by atoms with Gasteiger partial charge in [-0.2, -0.15) is 0 Å². The maximum atomic E-state index is 5.65. The lowest BCUT2D eigenvalue weighted by Gasteiger charge is -2.08. The number of nitrogens with two attached hydrogens (primary N) is 1. The Bertz CT molecular complexity index is 261. The summed E-state index contributed by atoms with van der Waals surface area (Å²) < 4.78 is 10.9. The number of hydrogen-bond acceptors (Lipinski definition) is 3. The molecular weight excluding hydrogens is 270 g/mol. The first-order valence-corrected chi connectivity index (χ1v) is 6.15. The first-order valence-electron chi connectivity index (χ1n) is 5.36. The van der Waals surface area contributed by atoms with Crippen LogP contribution in [-0.4, -0.2) is 14.2 Å². The number of benzene rings is 1. The molecule has 0 saturated heterocycles. The molecule has 4 heteroatoms. The molecule has 1 aromatic carbocycles. The highest BCUT2D eigenvalue weighted by molar-refractivity contribution is 9.10. The van der Waals surface area contributed by atoms with E-state index < -0.39 is 0 Å². The average molecular weight is 292 g/mol. The Morgan fingerprint density at radius 1 is 0.938 bits per heavy atom. The maximum absolute atomic E-state index is 5.65. The molecule has 0 spiro atoms. The van der Waals surface area contributed by atoms with Crippen LogP contribution in [0.2, 0.25) is 0 Å². The van der Waals surface area contributed by atoms with Crippen LogP contribution in [0.15, 0.2) is 16.6 Å². The number of anilines is 1. The fourth-order valence-electron chi connectivity index (χ4n) is 0.884. The van der Waals surface area contributed by atoms with Crippen molar-refractivity contribution < 1.29 is 9.47 Å². The smallest absolute Gasteiger partial charge is 0.143 e. The number of methoxy groups -OCH3 is 2. The molecule has 3 nitrogen and oxygen atoms in total. The lowest BCUT2D eigenvalue weighted by molar-refractivity contribution is 0.402. The van der Waals surface area contributed by atoms with Gasteiger partial charge in [-0.25, -0.2) is 0 Å². The van der Waals surface area contributed by atoms with Crippen molar-refractivity contribution in [2.75, 3.05) is 20.0 Å². The summed E-state index contributed by atoms with van der Waals surface area (Å²) in [5.74, 6) is 1.34. The van der Waals surface area contributed by atoms with E-state index in [-0.39, 0.29) is 0 Å². The van der Waals surface area contributed by atoms with Gasteiger partial charge < -0.3 is 15.2 Å². The van der Waals surface area contributed by atoms with E-state index in [9.17, 15) is 0 Å². The van der Waals surface area contributed by atoms with Crippen LogP contribution in [0.25, 0.3) is 0 Å². The van der Waals surface area contributed by atoms with Crippen LogP contribution in [0.4, 0.5) is 5.69 Å². The highest BCUT2D eigenvalue weighted by Crippen LogP contribution is 2.33. The van der Waals surface area contributed by atoms with E-state index >= 15 is 0 Å². The Kier molecular flexibility index (Phi) is 11.6. The Morgan fingerprint density at radius 3 is 1.75 bits per heavy atom. The van der Waals surface area contributed by atoms with Crippen LogP contribution in [-0.2, 0) is 0 Å². The number of halogens is 1. The zero-order chi connectivity index (χ0) is 13.1. The Labute approximate surface area is 107 Å². The first-order chi connectivity index (χ1) is 7.69. The standard InChI is InChI=1S/C8H10BrNO2.2C2H6/c1-11-7-4-6(10)8(12-2)3-5(7)9;2*1-2/h3-4H,10H2,1-2H3;2*1-2H3. The van der Waals surface area contributed by atoms with Crippen molar-refractivity contribution in [3.8, 4) is 11.5 Å². The molecule has 0 atom stereocenters. The van der Waals surface area contributed by atoms with Gasteiger partial charge in [0.25, 0.3) is 0 Å². The molecule has 0 aliphatic rings. The molecule has 0 heterocycles. The lowest BCUT2D eigenvalue weighted by Crippen LogP contribution is -1.94. The highest BCUT2D eigenvalue weighted by atomic mass is 79.9. The van der Waals surface area contributed by atoms with Crippen LogP contribution < -0.4 is 15.2 Å². The fraction of sp³-hybridized carbons (Fsp3) is 0.500. The summed E-state index contributed by atoms with van der Waals surface area (Å²) in [6.45, 7) is 8.00. The number of hydrogen-bond donors (Lipinski definition) is 1. The number of ether oxygens (including phenoxy) is 2. The second-order valence-electron chi connectivity index (χ2n) is 2.23. The van der Waals surface area contributed by atoms with Crippen molar-refractivity contribution in [2.24, 2.45) is 0 Å². The van der Waals surface area contributed by atoms with Gasteiger partial charge in [0.1, 0.15) is 11.5 Å². The predicted molar refractivity (Wildman–Crippen MR) is 74.4 cm³/mol. The van der Waals surface area contributed by atoms with Crippen LogP contribution in [0.3, 0.4) is 0 Å². The molecule has 0 aliphatic carbocycles. The average Bonchev–Trinajstić information content (AvgIpc) is 2.36. The third-order valence-electron chi connectivity index (χ3n) is 1.50. The van der Waals surface area contributed by atoms with E-state index in [0.29, 0.717) is 17.2 Å². The van der Waals surface area contributed by atoms with E-state index in [2.05, 4.69) is 15.9 Å². The SMILES string of the molecule is CC.CC.COc1cc(Br)c(OC)cc1N. The van der Waals surface area contributed by atoms with Gasteiger partial charge in [0.05, 0.1) is 24.4 Å².